The third-order valence-electron chi connectivity index (χ3n) is 3.98. The van der Waals surface area contributed by atoms with Gasteiger partial charge in [-0.25, -0.2) is 4.79 Å². The van der Waals surface area contributed by atoms with Crippen molar-refractivity contribution in [3.8, 4) is 11.3 Å². The molecule has 2 aromatic rings. The smallest absolute Gasteiger partial charge is 0.341 e. The first-order valence-corrected chi connectivity index (χ1v) is 7.10. The Kier molecular flexibility index (Phi) is 4.07. The topological polar surface area (TPSA) is 68.1 Å². The van der Waals surface area contributed by atoms with E-state index in [0.717, 1.165) is 11.3 Å². The second-order valence-corrected chi connectivity index (χ2v) is 5.37. The molecular weight excluding hydrogens is 264 g/mol. The number of hydrogen-bond donors (Lipinski definition) is 2. The number of anilines is 1. The Labute approximate surface area is 125 Å². The van der Waals surface area contributed by atoms with Crippen LogP contribution in [-0.4, -0.2) is 17.6 Å². The molecule has 0 aliphatic heterocycles. The highest BCUT2D eigenvalue weighted by molar-refractivity contribution is 5.96. The molecule has 0 aliphatic rings. The normalized spacial score (nSPS) is 10.7. The molecule has 3 N–H and O–H groups in total. The number of aromatic nitrogens is 1. The summed E-state index contributed by atoms with van der Waals surface area (Å²) in [5.41, 5.74) is 13.1. The molecule has 1 aromatic heterocycles. The molecular formula is C17H22N2O2. The fourth-order valence-corrected chi connectivity index (χ4v) is 2.60. The van der Waals surface area contributed by atoms with Gasteiger partial charge in [0, 0.05) is 11.3 Å². The molecule has 112 valence electrons. The summed E-state index contributed by atoms with van der Waals surface area (Å²) in [6, 6.07) is 3.95. The van der Waals surface area contributed by atoms with Crippen LogP contribution in [0.15, 0.2) is 12.1 Å². The number of benzene rings is 1. The number of ether oxygens (including phenoxy) is 1. The molecule has 0 radical (unpaired) electrons. The van der Waals surface area contributed by atoms with Crippen molar-refractivity contribution in [2.75, 3.05) is 12.3 Å². The number of carbonyl (C=O) groups is 1. The highest BCUT2D eigenvalue weighted by atomic mass is 16.5. The first-order valence-electron chi connectivity index (χ1n) is 7.10. The molecule has 1 heterocycles. The van der Waals surface area contributed by atoms with Gasteiger partial charge in [0.2, 0.25) is 0 Å². The lowest BCUT2D eigenvalue weighted by molar-refractivity contribution is 0.0528. The number of hydrogen-bond acceptors (Lipinski definition) is 3. The van der Waals surface area contributed by atoms with Crippen molar-refractivity contribution in [3.63, 3.8) is 0 Å². The van der Waals surface area contributed by atoms with E-state index in [-0.39, 0.29) is 0 Å². The van der Waals surface area contributed by atoms with Crippen molar-refractivity contribution in [1.29, 1.82) is 0 Å². The number of H-pyrrole nitrogens is 1. The van der Waals surface area contributed by atoms with Gasteiger partial charge in [-0.2, -0.15) is 0 Å². The van der Waals surface area contributed by atoms with E-state index in [1.54, 1.807) is 13.0 Å². The first kappa shape index (κ1) is 15.2. The van der Waals surface area contributed by atoms with Gasteiger partial charge in [0.05, 0.1) is 6.61 Å². The van der Waals surface area contributed by atoms with Crippen LogP contribution in [0.4, 0.5) is 5.82 Å². The van der Waals surface area contributed by atoms with Crippen LogP contribution in [0.5, 0.6) is 0 Å². The largest absolute Gasteiger partial charge is 0.462 e. The van der Waals surface area contributed by atoms with E-state index < -0.39 is 5.97 Å². The van der Waals surface area contributed by atoms with Gasteiger partial charge in [-0.1, -0.05) is 6.07 Å². The van der Waals surface area contributed by atoms with E-state index in [9.17, 15) is 4.79 Å². The number of aromatic amines is 1. The highest BCUT2D eigenvalue weighted by Gasteiger charge is 2.18. The zero-order chi connectivity index (χ0) is 15.7. The van der Waals surface area contributed by atoms with E-state index in [4.69, 9.17) is 10.5 Å². The van der Waals surface area contributed by atoms with E-state index in [0.29, 0.717) is 18.0 Å². The lowest BCUT2D eigenvalue weighted by atomic mass is 9.92. The van der Waals surface area contributed by atoms with Crippen molar-refractivity contribution in [2.24, 2.45) is 0 Å². The van der Waals surface area contributed by atoms with Crippen molar-refractivity contribution < 1.29 is 9.53 Å². The molecule has 2 rings (SSSR count). The average Bonchev–Trinajstić information content (AvgIpc) is 2.79. The van der Waals surface area contributed by atoms with Gasteiger partial charge in [0.25, 0.3) is 0 Å². The van der Waals surface area contributed by atoms with Crippen molar-refractivity contribution in [1.82, 2.24) is 4.98 Å². The fourth-order valence-electron chi connectivity index (χ4n) is 2.60. The Bertz CT molecular complexity index is 673. The van der Waals surface area contributed by atoms with Gasteiger partial charge in [0.1, 0.15) is 11.4 Å². The molecule has 21 heavy (non-hydrogen) atoms. The third-order valence-corrected chi connectivity index (χ3v) is 3.98. The fraction of sp³-hybridized carbons (Fsp3) is 0.353. The maximum absolute atomic E-state index is 11.9. The Morgan fingerprint density at radius 2 is 1.71 bits per heavy atom. The summed E-state index contributed by atoms with van der Waals surface area (Å²) in [4.78, 5) is 15.0. The summed E-state index contributed by atoms with van der Waals surface area (Å²) in [5, 5.41) is 0. The number of aryl methyl sites for hydroxylation is 2. The molecule has 0 amide bonds. The van der Waals surface area contributed by atoms with Gasteiger partial charge >= 0.3 is 5.97 Å². The number of esters is 1. The second kappa shape index (κ2) is 5.64. The molecule has 0 fully saturated rings. The van der Waals surface area contributed by atoms with Gasteiger partial charge in [-0.05, 0) is 62.9 Å². The van der Waals surface area contributed by atoms with Gasteiger partial charge in [-0.15, -0.1) is 0 Å². The van der Waals surface area contributed by atoms with Crippen molar-refractivity contribution >= 4 is 11.8 Å². The molecule has 0 atom stereocenters. The van der Waals surface area contributed by atoms with Crippen LogP contribution in [0.1, 0.15) is 39.5 Å². The Morgan fingerprint density at radius 3 is 2.24 bits per heavy atom. The molecule has 0 saturated carbocycles. The average molecular weight is 286 g/mol. The number of nitrogens with one attached hydrogen (secondary N) is 1. The summed E-state index contributed by atoms with van der Waals surface area (Å²) in [7, 11) is 0. The Hall–Kier alpha value is -2.23. The Morgan fingerprint density at radius 1 is 1.14 bits per heavy atom. The standard InChI is InChI=1S/C17H22N2O2/c1-6-21-17(20)13-8-14(19-16(13)18)15-11(4)9(2)7-10(3)12(15)5/h7-8,19H,6,18H2,1-5H3. The zero-order valence-electron chi connectivity index (χ0n) is 13.3. The van der Waals surface area contributed by atoms with Gasteiger partial charge < -0.3 is 15.5 Å². The van der Waals surface area contributed by atoms with Crippen LogP contribution >= 0.6 is 0 Å². The summed E-state index contributed by atoms with van der Waals surface area (Å²) < 4.78 is 5.03. The maximum Gasteiger partial charge on any atom is 0.341 e. The molecule has 0 unspecified atom stereocenters. The maximum atomic E-state index is 11.9. The molecule has 0 saturated heterocycles. The summed E-state index contributed by atoms with van der Waals surface area (Å²) in [5.74, 6) is -0.0430. The van der Waals surface area contributed by atoms with Crippen LogP contribution < -0.4 is 5.73 Å². The highest BCUT2D eigenvalue weighted by Crippen LogP contribution is 2.33. The monoisotopic (exact) mass is 286 g/mol. The summed E-state index contributed by atoms with van der Waals surface area (Å²) in [6.45, 7) is 10.4. The minimum Gasteiger partial charge on any atom is -0.462 e. The van der Waals surface area contributed by atoms with E-state index >= 15 is 0 Å². The number of nitrogens with two attached hydrogens (primary N) is 1. The van der Waals surface area contributed by atoms with Crippen LogP contribution in [0.3, 0.4) is 0 Å². The second-order valence-electron chi connectivity index (χ2n) is 5.37. The number of rotatable bonds is 3. The van der Waals surface area contributed by atoms with Crippen molar-refractivity contribution in [3.05, 3.63) is 39.9 Å². The number of carbonyl (C=O) groups excluding carboxylic acids is 1. The van der Waals surface area contributed by atoms with E-state index in [2.05, 4.69) is 38.7 Å². The predicted octanol–water partition coefficient (Wildman–Crippen LogP) is 3.67. The minimum atomic E-state index is -0.391. The summed E-state index contributed by atoms with van der Waals surface area (Å²) >= 11 is 0. The molecule has 4 heteroatoms. The minimum absolute atomic E-state index is 0.334. The molecule has 0 aliphatic carbocycles. The van der Waals surface area contributed by atoms with Crippen LogP contribution in [-0.2, 0) is 4.74 Å². The van der Waals surface area contributed by atoms with Crippen LogP contribution in [0, 0.1) is 27.7 Å². The molecule has 0 spiro atoms. The quantitative estimate of drug-likeness (QED) is 0.846. The first-order chi connectivity index (χ1) is 9.86. The van der Waals surface area contributed by atoms with E-state index in [1.165, 1.54) is 22.3 Å². The number of nitrogen functional groups attached to an aromatic ring is 1. The van der Waals surface area contributed by atoms with Gasteiger partial charge in [-0.3, -0.25) is 0 Å². The van der Waals surface area contributed by atoms with Crippen molar-refractivity contribution in [2.45, 2.75) is 34.6 Å². The molecule has 4 nitrogen and oxygen atoms in total. The summed E-state index contributed by atoms with van der Waals surface area (Å²) in [6.07, 6.45) is 0. The zero-order valence-corrected chi connectivity index (χ0v) is 13.3. The Balaban J connectivity index is 2.59. The van der Waals surface area contributed by atoms with Gasteiger partial charge in [0.15, 0.2) is 0 Å². The van der Waals surface area contributed by atoms with Crippen LogP contribution in [0.2, 0.25) is 0 Å². The lowest BCUT2D eigenvalue weighted by Crippen LogP contribution is -2.05. The van der Waals surface area contributed by atoms with Crippen LogP contribution in [0.25, 0.3) is 11.3 Å². The van der Waals surface area contributed by atoms with E-state index in [1.807, 2.05) is 0 Å². The molecule has 0 bridgehead atoms. The lowest BCUT2D eigenvalue weighted by Gasteiger charge is -2.14. The molecule has 1 aromatic carbocycles. The third kappa shape index (κ3) is 2.66. The SMILES string of the molecule is CCOC(=O)c1cc(-c2c(C)c(C)cc(C)c2C)[nH]c1N. The predicted molar refractivity (Wildman–Crippen MR) is 85.5 cm³/mol.